The Morgan fingerprint density at radius 2 is 1.95 bits per heavy atom. The second kappa shape index (κ2) is 6.01. The van der Waals surface area contributed by atoms with E-state index >= 15 is 0 Å². The van der Waals surface area contributed by atoms with Crippen molar-refractivity contribution in [3.8, 4) is 5.69 Å². The van der Waals surface area contributed by atoms with Crippen molar-refractivity contribution < 1.29 is 4.39 Å². The average molecular weight is 348 g/mol. The van der Waals surface area contributed by atoms with Gasteiger partial charge in [0, 0.05) is 5.69 Å². The van der Waals surface area contributed by atoms with Crippen LogP contribution in [0.15, 0.2) is 53.0 Å². The fourth-order valence-electron chi connectivity index (χ4n) is 1.87. The topological polar surface area (TPSA) is 55.6 Å². The lowest BCUT2D eigenvalue weighted by molar-refractivity contribution is 0.621. The highest BCUT2D eigenvalue weighted by molar-refractivity contribution is 9.10. The molecule has 7 heteroatoms. The number of benzene rings is 2. The first-order chi connectivity index (χ1) is 10.2. The highest BCUT2D eigenvalue weighted by Gasteiger charge is 2.08. The molecule has 0 radical (unpaired) electrons. The number of halogens is 2. The molecule has 3 rings (SSSR count). The molecule has 21 heavy (non-hydrogen) atoms. The summed E-state index contributed by atoms with van der Waals surface area (Å²) in [6, 6.07) is 14.4. The molecule has 0 aliphatic heterocycles. The minimum Gasteiger partial charge on any atom is -0.378 e. The maximum absolute atomic E-state index is 13.2. The molecule has 0 aliphatic rings. The molecule has 1 heterocycles. The lowest BCUT2D eigenvalue weighted by atomic mass is 10.3. The van der Waals surface area contributed by atoms with E-state index in [4.69, 9.17) is 0 Å². The van der Waals surface area contributed by atoms with Gasteiger partial charge < -0.3 is 5.32 Å². The zero-order chi connectivity index (χ0) is 14.7. The van der Waals surface area contributed by atoms with Crippen LogP contribution in [-0.4, -0.2) is 20.2 Å². The Balaban J connectivity index is 1.77. The molecule has 0 amide bonds. The Morgan fingerprint density at radius 1 is 1.14 bits per heavy atom. The van der Waals surface area contributed by atoms with E-state index < -0.39 is 0 Å². The summed E-state index contributed by atoms with van der Waals surface area (Å²) < 4.78 is 15.3. The summed E-state index contributed by atoms with van der Waals surface area (Å²) in [5, 5.41) is 14.8. The second-order valence-corrected chi connectivity index (χ2v) is 5.18. The normalized spacial score (nSPS) is 10.6. The van der Waals surface area contributed by atoms with E-state index in [1.54, 1.807) is 16.8 Å². The van der Waals surface area contributed by atoms with Crippen molar-refractivity contribution in [3.63, 3.8) is 0 Å². The van der Waals surface area contributed by atoms with Crippen LogP contribution in [0.3, 0.4) is 0 Å². The Kier molecular flexibility index (Phi) is 3.92. The number of nitrogens with zero attached hydrogens (tertiary/aromatic N) is 4. The van der Waals surface area contributed by atoms with Gasteiger partial charge in [-0.2, -0.15) is 4.68 Å². The Labute approximate surface area is 128 Å². The molecule has 0 unspecified atom stereocenters. The second-order valence-electron chi connectivity index (χ2n) is 4.32. The lowest BCUT2D eigenvalue weighted by Gasteiger charge is -2.07. The summed E-state index contributed by atoms with van der Waals surface area (Å²) in [6.45, 7) is 0.431. The van der Waals surface area contributed by atoms with Crippen molar-refractivity contribution in [2.24, 2.45) is 0 Å². The number of hydrogen-bond acceptors (Lipinski definition) is 4. The minimum absolute atomic E-state index is 0.297. The first-order valence-corrected chi connectivity index (χ1v) is 7.05. The molecule has 0 aliphatic carbocycles. The van der Waals surface area contributed by atoms with E-state index in [0.29, 0.717) is 16.8 Å². The van der Waals surface area contributed by atoms with Crippen LogP contribution in [0.2, 0.25) is 0 Å². The van der Waals surface area contributed by atoms with Crippen LogP contribution >= 0.6 is 15.9 Å². The highest BCUT2D eigenvalue weighted by Crippen LogP contribution is 2.20. The van der Waals surface area contributed by atoms with Crippen LogP contribution in [0, 0.1) is 5.82 Å². The quantitative estimate of drug-likeness (QED) is 0.787. The first kappa shape index (κ1) is 13.7. The van der Waals surface area contributed by atoms with E-state index in [9.17, 15) is 4.39 Å². The average Bonchev–Trinajstić information content (AvgIpc) is 2.98. The van der Waals surface area contributed by atoms with Crippen molar-refractivity contribution in [2.75, 3.05) is 5.32 Å². The smallest absolute Gasteiger partial charge is 0.175 e. The van der Waals surface area contributed by atoms with Crippen molar-refractivity contribution in [2.45, 2.75) is 6.54 Å². The lowest BCUT2D eigenvalue weighted by Crippen LogP contribution is -2.08. The minimum atomic E-state index is -0.297. The van der Waals surface area contributed by atoms with Gasteiger partial charge in [-0.05, 0) is 56.7 Å². The summed E-state index contributed by atoms with van der Waals surface area (Å²) in [5.74, 6) is 0.372. The fourth-order valence-corrected chi connectivity index (χ4v) is 2.25. The molecule has 106 valence electrons. The zero-order valence-corrected chi connectivity index (χ0v) is 12.5. The van der Waals surface area contributed by atoms with E-state index in [-0.39, 0.29) is 5.82 Å². The maximum atomic E-state index is 13.2. The molecular formula is C14H11BrFN5. The van der Waals surface area contributed by atoms with Crippen molar-refractivity contribution in [3.05, 3.63) is 64.6 Å². The number of anilines is 1. The standard InChI is InChI=1S/C14H11BrFN5/c15-12-8-10(6-7-13(12)16)17-9-14-18-19-20-21(14)11-4-2-1-3-5-11/h1-8,17H,9H2. The van der Waals surface area contributed by atoms with E-state index in [1.165, 1.54) is 6.07 Å². The Hall–Kier alpha value is -2.28. The number of tetrazole rings is 1. The molecule has 0 spiro atoms. The number of rotatable bonds is 4. The third kappa shape index (κ3) is 3.08. The summed E-state index contributed by atoms with van der Waals surface area (Å²) in [5.41, 5.74) is 1.67. The van der Waals surface area contributed by atoms with Crippen LogP contribution < -0.4 is 5.32 Å². The third-order valence-corrected chi connectivity index (χ3v) is 3.51. The Bertz CT molecular complexity index is 744. The predicted molar refractivity (Wildman–Crippen MR) is 80.6 cm³/mol. The summed E-state index contributed by atoms with van der Waals surface area (Å²) in [7, 11) is 0. The van der Waals surface area contributed by atoms with Gasteiger partial charge in [0.25, 0.3) is 0 Å². The molecule has 0 atom stereocenters. The highest BCUT2D eigenvalue weighted by atomic mass is 79.9. The molecular weight excluding hydrogens is 337 g/mol. The molecule has 0 bridgehead atoms. The van der Waals surface area contributed by atoms with Crippen LogP contribution in [0.25, 0.3) is 5.69 Å². The van der Waals surface area contributed by atoms with Gasteiger partial charge in [0.05, 0.1) is 16.7 Å². The van der Waals surface area contributed by atoms with E-state index in [0.717, 1.165) is 11.4 Å². The van der Waals surface area contributed by atoms with E-state index in [2.05, 4.69) is 36.8 Å². The van der Waals surface area contributed by atoms with Crippen LogP contribution in [-0.2, 0) is 6.54 Å². The van der Waals surface area contributed by atoms with E-state index in [1.807, 2.05) is 30.3 Å². The van der Waals surface area contributed by atoms with Crippen molar-refractivity contribution >= 4 is 21.6 Å². The summed E-state index contributed by atoms with van der Waals surface area (Å²) in [6.07, 6.45) is 0. The zero-order valence-electron chi connectivity index (χ0n) is 10.9. The van der Waals surface area contributed by atoms with Gasteiger partial charge in [0.2, 0.25) is 0 Å². The van der Waals surface area contributed by atoms with Gasteiger partial charge >= 0.3 is 0 Å². The predicted octanol–water partition coefficient (Wildman–Crippen LogP) is 3.18. The fraction of sp³-hybridized carbons (Fsp3) is 0.0714. The molecule has 2 aromatic carbocycles. The van der Waals surface area contributed by atoms with Gasteiger partial charge in [0.1, 0.15) is 5.82 Å². The van der Waals surface area contributed by atoms with Gasteiger partial charge in [-0.25, -0.2) is 4.39 Å². The molecule has 1 N–H and O–H groups in total. The molecule has 0 saturated carbocycles. The van der Waals surface area contributed by atoms with Crippen molar-refractivity contribution in [1.82, 2.24) is 20.2 Å². The third-order valence-electron chi connectivity index (χ3n) is 2.91. The van der Waals surface area contributed by atoms with Gasteiger partial charge in [0.15, 0.2) is 5.82 Å². The SMILES string of the molecule is Fc1ccc(NCc2nnnn2-c2ccccc2)cc1Br. The number of hydrogen-bond donors (Lipinski definition) is 1. The van der Waals surface area contributed by atoms with Crippen LogP contribution in [0.1, 0.15) is 5.82 Å². The maximum Gasteiger partial charge on any atom is 0.175 e. The number of aromatic nitrogens is 4. The molecule has 1 aromatic heterocycles. The molecule has 0 fully saturated rings. The van der Waals surface area contributed by atoms with Gasteiger partial charge in [-0.1, -0.05) is 18.2 Å². The van der Waals surface area contributed by atoms with Crippen LogP contribution in [0.5, 0.6) is 0 Å². The summed E-state index contributed by atoms with van der Waals surface area (Å²) in [4.78, 5) is 0. The largest absolute Gasteiger partial charge is 0.378 e. The Morgan fingerprint density at radius 3 is 2.71 bits per heavy atom. The van der Waals surface area contributed by atoms with Gasteiger partial charge in [-0.15, -0.1) is 5.10 Å². The number of para-hydroxylation sites is 1. The van der Waals surface area contributed by atoms with Gasteiger partial charge in [-0.3, -0.25) is 0 Å². The molecule has 0 saturated heterocycles. The number of nitrogens with one attached hydrogen (secondary N) is 1. The monoisotopic (exact) mass is 347 g/mol. The van der Waals surface area contributed by atoms with Crippen LogP contribution in [0.4, 0.5) is 10.1 Å². The molecule has 5 nitrogen and oxygen atoms in total. The summed E-state index contributed by atoms with van der Waals surface area (Å²) >= 11 is 3.16. The first-order valence-electron chi connectivity index (χ1n) is 6.25. The van der Waals surface area contributed by atoms with Crippen molar-refractivity contribution in [1.29, 1.82) is 0 Å². The molecule has 3 aromatic rings.